The number of rotatable bonds is 7. The van der Waals surface area contributed by atoms with Gasteiger partial charge in [0, 0.05) is 12.2 Å². The normalized spacial score (nSPS) is 10.3. The standard InChI is InChI=1S/C16H14N6O2S2/c1-24-13-5-3-2-4-12(13)22-16(19-20-21-22)26-9-7-14(23)18-15-11(10-17)6-8-25-15/h2-6,8H,7,9H2,1H3,(H,18,23). The molecule has 0 aliphatic carbocycles. The van der Waals surface area contributed by atoms with Crippen molar-refractivity contribution in [2.45, 2.75) is 11.6 Å². The molecular formula is C16H14N6O2S2. The van der Waals surface area contributed by atoms with Gasteiger partial charge in [0.15, 0.2) is 0 Å². The molecule has 132 valence electrons. The van der Waals surface area contributed by atoms with Crippen LogP contribution >= 0.6 is 23.1 Å². The van der Waals surface area contributed by atoms with E-state index in [1.54, 1.807) is 23.2 Å². The molecule has 0 fully saturated rings. The Morgan fingerprint density at radius 1 is 1.42 bits per heavy atom. The summed E-state index contributed by atoms with van der Waals surface area (Å²) >= 11 is 2.69. The van der Waals surface area contributed by atoms with Crippen molar-refractivity contribution in [1.82, 2.24) is 20.2 Å². The third-order valence-corrected chi connectivity index (χ3v) is 5.10. The summed E-state index contributed by atoms with van der Waals surface area (Å²) < 4.78 is 6.91. The predicted molar refractivity (Wildman–Crippen MR) is 98.7 cm³/mol. The molecule has 3 aromatic rings. The number of anilines is 1. The van der Waals surface area contributed by atoms with Crippen molar-refractivity contribution in [3.05, 3.63) is 41.3 Å². The van der Waals surface area contributed by atoms with E-state index in [1.165, 1.54) is 23.1 Å². The number of tetrazole rings is 1. The van der Waals surface area contributed by atoms with E-state index in [4.69, 9.17) is 10.00 Å². The van der Waals surface area contributed by atoms with Gasteiger partial charge in [-0.1, -0.05) is 23.9 Å². The van der Waals surface area contributed by atoms with Gasteiger partial charge >= 0.3 is 0 Å². The molecule has 26 heavy (non-hydrogen) atoms. The summed E-state index contributed by atoms with van der Waals surface area (Å²) in [6.45, 7) is 0. The Bertz CT molecular complexity index is 946. The molecule has 0 aliphatic heterocycles. The molecule has 0 unspecified atom stereocenters. The van der Waals surface area contributed by atoms with E-state index < -0.39 is 0 Å². The van der Waals surface area contributed by atoms with Crippen LogP contribution in [0.15, 0.2) is 40.9 Å². The summed E-state index contributed by atoms with van der Waals surface area (Å²) in [7, 11) is 1.58. The molecule has 3 rings (SSSR count). The highest BCUT2D eigenvalue weighted by Gasteiger charge is 2.14. The molecule has 0 saturated heterocycles. The number of thiophene rings is 1. The zero-order valence-corrected chi connectivity index (χ0v) is 15.4. The minimum Gasteiger partial charge on any atom is -0.494 e. The van der Waals surface area contributed by atoms with Gasteiger partial charge in [0.2, 0.25) is 11.1 Å². The molecule has 0 atom stereocenters. The van der Waals surface area contributed by atoms with Crippen molar-refractivity contribution in [2.75, 3.05) is 18.2 Å². The first-order valence-electron chi connectivity index (χ1n) is 7.55. The van der Waals surface area contributed by atoms with Crippen LogP contribution in [0.5, 0.6) is 5.75 Å². The van der Waals surface area contributed by atoms with Gasteiger partial charge in [-0.15, -0.1) is 16.4 Å². The Hall–Kier alpha value is -2.90. The number of nitrogens with zero attached hydrogens (tertiary/aromatic N) is 5. The zero-order chi connectivity index (χ0) is 18.4. The number of hydrogen-bond donors (Lipinski definition) is 1. The van der Waals surface area contributed by atoms with Crippen molar-refractivity contribution in [3.63, 3.8) is 0 Å². The van der Waals surface area contributed by atoms with Gasteiger partial charge in [0.1, 0.15) is 22.5 Å². The lowest BCUT2D eigenvalue weighted by Crippen LogP contribution is -2.12. The predicted octanol–water partition coefficient (Wildman–Crippen LogP) is 2.72. The van der Waals surface area contributed by atoms with E-state index in [9.17, 15) is 4.79 Å². The number of amides is 1. The first kappa shape index (κ1) is 17.9. The van der Waals surface area contributed by atoms with Gasteiger partial charge in [-0.3, -0.25) is 4.79 Å². The molecule has 1 aromatic carbocycles. The van der Waals surface area contributed by atoms with E-state index in [0.717, 1.165) is 5.69 Å². The van der Waals surface area contributed by atoms with E-state index in [0.29, 0.717) is 27.2 Å². The largest absolute Gasteiger partial charge is 0.494 e. The zero-order valence-electron chi connectivity index (χ0n) is 13.7. The van der Waals surface area contributed by atoms with Crippen LogP contribution in [0.1, 0.15) is 12.0 Å². The molecule has 1 amide bonds. The highest BCUT2D eigenvalue weighted by atomic mass is 32.2. The van der Waals surface area contributed by atoms with Crippen LogP contribution in [0.2, 0.25) is 0 Å². The van der Waals surface area contributed by atoms with Gasteiger partial charge < -0.3 is 10.1 Å². The molecule has 0 radical (unpaired) electrons. The first-order chi connectivity index (χ1) is 12.7. The Balaban J connectivity index is 1.60. The third-order valence-electron chi connectivity index (χ3n) is 3.35. The number of hydrogen-bond acceptors (Lipinski definition) is 8. The molecule has 1 N–H and O–H groups in total. The summed E-state index contributed by atoms with van der Waals surface area (Å²) in [6, 6.07) is 11.1. The summed E-state index contributed by atoms with van der Waals surface area (Å²) in [5.41, 5.74) is 1.19. The number of benzene rings is 1. The van der Waals surface area contributed by atoms with Crippen molar-refractivity contribution < 1.29 is 9.53 Å². The number of methoxy groups -OCH3 is 1. The van der Waals surface area contributed by atoms with E-state index in [2.05, 4.69) is 20.8 Å². The quantitative estimate of drug-likeness (QED) is 0.622. The monoisotopic (exact) mass is 386 g/mol. The van der Waals surface area contributed by atoms with Crippen LogP contribution in [0.4, 0.5) is 5.00 Å². The number of aromatic nitrogens is 4. The molecule has 0 saturated carbocycles. The topological polar surface area (TPSA) is 106 Å². The van der Waals surface area contributed by atoms with E-state index >= 15 is 0 Å². The fraction of sp³-hybridized carbons (Fsp3) is 0.188. The Morgan fingerprint density at radius 2 is 2.27 bits per heavy atom. The smallest absolute Gasteiger partial charge is 0.225 e. The number of carbonyl (C=O) groups is 1. The summed E-state index contributed by atoms with van der Waals surface area (Å²) in [5.74, 6) is 0.989. The summed E-state index contributed by atoms with van der Waals surface area (Å²) in [6.07, 6.45) is 0.270. The molecule has 2 heterocycles. The number of nitrogens with one attached hydrogen (secondary N) is 1. The molecule has 10 heteroatoms. The van der Waals surface area contributed by atoms with Gasteiger partial charge in [-0.25, -0.2) is 0 Å². The second-order valence-corrected chi connectivity index (χ2v) is 6.95. The molecule has 0 spiro atoms. The second-order valence-electron chi connectivity index (χ2n) is 4.97. The van der Waals surface area contributed by atoms with E-state index in [1.807, 2.05) is 30.3 Å². The average Bonchev–Trinajstić information content (AvgIpc) is 3.30. The minimum atomic E-state index is -0.159. The van der Waals surface area contributed by atoms with Crippen LogP contribution in [-0.4, -0.2) is 39.0 Å². The lowest BCUT2D eigenvalue weighted by molar-refractivity contribution is -0.115. The second kappa shape index (κ2) is 8.46. The highest BCUT2D eigenvalue weighted by Crippen LogP contribution is 2.26. The number of thioether (sulfide) groups is 1. The summed E-state index contributed by atoms with van der Waals surface area (Å²) in [5, 5.41) is 26.3. The summed E-state index contributed by atoms with van der Waals surface area (Å²) in [4.78, 5) is 12.1. The molecular weight excluding hydrogens is 372 g/mol. The molecule has 2 aromatic heterocycles. The van der Waals surface area contributed by atoms with Crippen molar-refractivity contribution in [3.8, 4) is 17.5 Å². The van der Waals surface area contributed by atoms with Crippen LogP contribution in [0.3, 0.4) is 0 Å². The van der Waals surface area contributed by atoms with Crippen LogP contribution < -0.4 is 10.1 Å². The van der Waals surface area contributed by atoms with E-state index in [-0.39, 0.29) is 12.3 Å². The highest BCUT2D eigenvalue weighted by molar-refractivity contribution is 7.99. The maximum Gasteiger partial charge on any atom is 0.225 e. The molecule has 8 nitrogen and oxygen atoms in total. The number of ether oxygens (including phenoxy) is 1. The van der Waals surface area contributed by atoms with Gasteiger partial charge in [-0.2, -0.15) is 9.94 Å². The SMILES string of the molecule is COc1ccccc1-n1nnnc1SCCC(=O)Nc1sccc1C#N. The van der Waals surface area contributed by atoms with Crippen molar-refractivity contribution in [1.29, 1.82) is 5.26 Å². The maximum atomic E-state index is 12.1. The molecule has 0 bridgehead atoms. The lowest BCUT2D eigenvalue weighted by Gasteiger charge is -2.08. The van der Waals surface area contributed by atoms with Crippen LogP contribution in [0.25, 0.3) is 5.69 Å². The van der Waals surface area contributed by atoms with Gasteiger partial charge in [0.05, 0.1) is 12.7 Å². The van der Waals surface area contributed by atoms with Gasteiger partial charge in [0.25, 0.3) is 0 Å². The van der Waals surface area contributed by atoms with Crippen molar-refractivity contribution in [2.24, 2.45) is 0 Å². The maximum absolute atomic E-state index is 12.1. The fourth-order valence-corrected chi connectivity index (χ4v) is 3.72. The van der Waals surface area contributed by atoms with Crippen LogP contribution in [0, 0.1) is 11.3 Å². The Morgan fingerprint density at radius 3 is 3.08 bits per heavy atom. The van der Waals surface area contributed by atoms with Crippen molar-refractivity contribution >= 4 is 34.0 Å². The Kier molecular flexibility index (Phi) is 5.83. The lowest BCUT2D eigenvalue weighted by atomic mass is 10.3. The Labute approximate surface area is 157 Å². The minimum absolute atomic E-state index is 0.159. The number of para-hydroxylation sites is 2. The fourth-order valence-electron chi connectivity index (χ4n) is 2.14. The van der Waals surface area contributed by atoms with Gasteiger partial charge in [-0.05, 0) is 34.0 Å². The average molecular weight is 386 g/mol. The number of nitriles is 1. The first-order valence-corrected chi connectivity index (χ1v) is 9.41. The molecule has 0 aliphatic rings. The third kappa shape index (κ3) is 4.01. The number of carbonyl (C=O) groups excluding carboxylic acids is 1. The van der Waals surface area contributed by atoms with Crippen LogP contribution in [-0.2, 0) is 4.79 Å².